The summed E-state index contributed by atoms with van der Waals surface area (Å²) in [5.41, 5.74) is 1.89. The standard InChI is InChI=1S/C24H27Cl2N7O3/c1-11(2)28-24-29-18-10-32(22(35)14-6-7-16(25)17(26)9-14)12(3)8-15(18)23(36)33(24)20-13(4)19(30-31-20)21(34)27-5/h6-7,9,11-12H,8,10H2,1-5H3,(H,27,34)(H,28,29)(H,30,31)/t12-/m1/s1. The molecule has 2 aromatic heterocycles. The minimum atomic E-state index is -0.339. The Hall–Kier alpha value is -3.37. The third-order valence-corrected chi connectivity index (χ3v) is 6.85. The molecule has 0 fully saturated rings. The summed E-state index contributed by atoms with van der Waals surface area (Å²) in [5.74, 6) is 0.00501. The van der Waals surface area contributed by atoms with E-state index in [2.05, 4.69) is 20.8 Å². The quantitative estimate of drug-likeness (QED) is 0.463. The lowest BCUT2D eigenvalue weighted by Gasteiger charge is -2.34. The molecule has 0 spiro atoms. The zero-order chi connectivity index (χ0) is 26.3. The summed E-state index contributed by atoms with van der Waals surface area (Å²) in [6, 6.07) is 4.43. The lowest BCUT2D eigenvalue weighted by molar-refractivity contribution is 0.0653. The van der Waals surface area contributed by atoms with E-state index in [1.54, 1.807) is 24.0 Å². The maximum absolute atomic E-state index is 13.8. The summed E-state index contributed by atoms with van der Waals surface area (Å²) >= 11 is 12.1. The molecule has 0 bridgehead atoms. The molecule has 36 heavy (non-hydrogen) atoms. The number of halogens is 2. The maximum Gasteiger partial charge on any atom is 0.269 e. The van der Waals surface area contributed by atoms with Gasteiger partial charge in [0.2, 0.25) is 5.95 Å². The Morgan fingerprint density at radius 1 is 1.22 bits per heavy atom. The molecule has 10 nitrogen and oxygen atoms in total. The van der Waals surface area contributed by atoms with Crippen molar-refractivity contribution in [2.24, 2.45) is 0 Å². The fourth-order valence-corrected chi connectivity index (χ4v) is 4.53. The lowest BCUT2D eigenvalue weighted by Crippen LogP contribution is -2.46. The summed E-state index contributed by atoms with van der Waals surface area (Å²) in [7, 11) is 1.52. The van der Waals surface area contributed by atoms with Gasteiger partial charge in [0.05, 0.1) is 22.3 Å². The first-order valence-corrected chi connectivity index (χ1v) is 12.2. The molecule has 3 aromatic rings. The minimum Gasteiger partial charge on any atom is -0.354 e. The number of carbonyl (C=O) groups excluding carboxylic acids is 2. The SMILES string of the molecule is CNC(=O)c1[nH]nc(-n2c(NC(C)C)nc3c(c2=O)C[C@@H](C)N(C(=O)c2ccc(Cl)c(Cl)c2)C3)c1C. The second-order valence-electron chi connectivity index (χ2n) is 9.04. The van der Waals surface area contributed by atoms with E-state index in [0.717, 1.165) is 0 Å². The van der Waals surface area contributed by atoms with Crippen molar-refractivity contribution in [3.8, 4) is 5.82 Å². The second-order valence-corrected chi connectivity index (χ2v) is 9.86. The molecule has 12 heteroatoms. The van der Waals surface area contributed by atoms with E-state index < -0.39 is 0 Å². The van der Waals surface area contributed by atoms with Crippen LogP contribution in [0.2, 0.25) is 10.0 Å². The van der Waals surface area contributed by atoms with Gasteiger partial charge >= 0.3 is 0 Å². The van der Waals surface area contributed by atoms with Gasteiger partial charge in [-0.1, -0.05) is 23.2 Å². The molecule has 1 aliphatic heterocycles. The smallest absolute Gasteiger partial charge is 0.269 e. The van der Waals surface area contributed by atoms with Crippen LogP contribution in [0.3, 0.4) is 0 Å². The highest BCUT2D eigenvalue weighted by atomic mass is 35.5. The highest BCUT2D eigenvalue weighted by Crippen LogP contribution is 2.28. The molecule has 3 N–H and O–H groups in total. The Labute approximate surface area is 218 Å². The largest absolute Gasteiger partial charge is 0.354 e. The third-order valence-electron chi connectivity index (χ3n) is 6.11. The first-order chi connectivity index (χ1) is 17.0. The van der Waals surface area contributed by atoms with Gasteiger partial charge in [-0.3, -0.25) is 19.5 Å². The van der Waals surface area contributed by atoms with Gasteiger partial charge in [-0.25, -0.2) is 9.55 Å². The highest BCUT2D eigenvalue weighted by Gasteiger charge is 2.33. The number of fused-ring (bicyclic) bond motifs is 1. The number of rotatable bonds is 5. The average molecular weight is 532 g/mol. The van der Waals surface area contributed by atoms with Crippen LogP contribution in [0.25, 0.3) is 5.82 Å². The van der Waals surface area contributed by atoms with Gasteiger partial charge < -0.3 is 15.5 Å². The zero-order valence-electron chi connectivity index (χ0n) is 20.6. The van der Waals surface area contributed by atoms with Crippen LogP contribution in [0.15, 0.2) is 23.0 Å². The Morgan fingerprint density at radius 2 is 1.94 bits per heavy atom. The molecule has 1 atom stereocenters. The molecule has 3 heterocycles. The van der Waals surface area contributed by atoms with Gasteiger partial charge in [-0.2, -0.15) is 5.10 Å². The summed E-state index contributed by atoms with van der Waals surface area (Å²) in [5, 5.41) is 13.4. The van der Waals surface area contributed by atoms with Crippen LogP contribution in [-0.4, -0.2) is 55.6 Å². The molecule has 0 unspecified atom stereocenters. The van der Waals surface area contributed by atoms with Gasteiger partial charge in [0.15, 0.2) is 5.82 Å². The van der Waals surface area contributed by atoms with Crippen LogP contribution >= 0.6 is 23.2 Å². The normalized spacial score (nSPS) is 15.1. The molecule has 2 amide bonds. The van der Waals surface area contributed by atoms with E-state index in [-0.39, 0.29) is 47.6 Å². The summed E-state index contributed by atoms with van der Waals surface area (Å²) in [6.07, 6.45) is 0.308. The number of benzene rings is 1. The zero-order valence-corrected chi connectivity index (χ0v) is 22.1. The number of amides is 2. The van der Waals surface area contributed by atoms with E-state index in [9.17, 15) is 14.4 Å². The van der Waals surface area contributed by atoms with Crippen molar-refractivity contribution in [1.82, 2.24) is 30.0 Å². The van der Waals surface area contributed by atoms with E-state index in [4.69, 9.17) is 28.2 Å². The summed E-state index contributed by atoms with van der Waals surface area (Å²) in [4.78, 5) is 45.7. The Kier molecular flexibility index (Phi) is 7.10. The number of aromatic amines is 1. The second kappa shape index (κ2) is 9.94. The van der Waals surface area contributed by atoms with E-state index in [1.165, 1.54) is 17.7 Å². The molecular formula is C24H27Cl2N7O3. The predicted molar refractivity (Wildman–Crippen MR) is 138 cm³/mol. The van der Waals surface area contributed by atoms with E-state index in [1.807, 2.05) is 20.8 Å². The first kappa shape index (κ1) is 25.7. The molecule has 1 aliphatic rings. The topological polar surface area (TPSA) is 125 Å². The first-order valence-electron chi connectivity index (χ1n) is 11.5. The van der Waals surface area contributed by atoms with Gasteiger partial charge in [-0.15, -0.1) is 0 Å². The van der Waals surface area contributed by atoms with Crippen molar-refractivity contribution < 1.29 is 9.59 Å². The van der Waals surface area contributed by atoms with Crippen molar-refractivity contribution >= 4 is 41.0 Å². The fraction of sp³-hybridized carbons (Fsp3) is 0.375. The number of H-pyrrole nitrogens is 1. The monoisotopic (exact) mass is 531 g/mol. The Morgan fingerprint density at radius 3 is 2.58 bits per heavy atom. The highest BCUT2D eigenvalue weighted by molar-refractivity contribution is 6.42. The number of hydrogen-bond donors (Lipinski definition) is 3. The predicted octanol–water partition coefficient (Wildman–Crippen LogP) is 3.34. The number of nitrogens with zero attached hydrogens (tertiary/aromatic N) is 4. The van der Waals surface area contributed by atoms with Crippen molar-refractivity contribution in [1.29, 1.82) is 0 Å². The molecule has 4 rings (SSSR count). The van der Waals surface area contributed by atoms with Crippen molar-refractivity contribution in [2.45, 2.75) is 52.7 Å². The van der Waals surface area contributed by atoms with Crippen LogP contribution in [0.4, 0.5) is 5.95 Å². The van der Waals surface area contributed by atoms with Crippen molar-refractivity contribution in [3.63, 3.8) is 0 Å². The van der Waals surface area contributed by atoms with Gasteiger partial charge in [-0.05, 0) is 52.3 Å². The van der Waals surface area contributed by atoms with E-state index in [0.29, 0.717) is 44.7 Å². The molecule has 190 valence electrons. The number of aromatic nitrogens is 4. The summed E-state index contributed by atoms with van der Waals surface area (Å²) < 4.78 is 1.39. The Balaban J connectivity index is 1.80. The molecule has 1 aromatic carbocycles. The summed E-state index contributed by atoms with van der Waals surface area (Å²) in [6.45, 7) is 7.60. The molecular weight excluding hydrogens is 505 g/mol. The molecule has 0 aliphatic carbocycles. The van der Waals surface area contributed by atoms with Gasteiger partial charge in [0.1, 0.15) is 5.69 Å². The number of hydrogen-bond acceptors (Lipinski definition) is 6. The van der Waals surface area contributed by atoms with E-state index >= 15 is 0 Å². The van der Waals surface area contributed by atoms with Crippen molar-refractivity contribution in [3.05, 3.63) is 66.7 Å². The number of carbonyl (C=O) groups is 2. The number of anilines is 1. The van der Waals surface area contributed by atoms with Gasteiger partial charge in [0, 0.05) is 35.8 Å². The number of nitrogens with one attached hydrogen (secondary N) is 3. The van der Waals surface area contributed by atoms with Crippen molar-refractivity contribution in [2.75, 3.05) is 12.4 Å². The van der Waals surface area contributed by atoms with Crippen LogP contribution in [0, 0.1) is 6.92 Å². The van der Waals surface area contributed by atoms with Crippen LogP contribution in [0.1, 0.15) is 58.4 Å². The lowest BCUT2D eigenvalue weighted by atomic mass is 9.98. The van der Waals surface area contributed by atoms with Crippen LogP contribution in [-0.2, 0) is 13.0 Å². The fourth-order valence-electron chi connectivity index (χ4n) is 4.23. The minimum absolute atomic E-state index is 0.0460. The molecule has 0 saturated heterocycles. The third kappa shape index (κ3) is 4.58. The van der Waals surface area contributed by atoms with Crippen LogP contribution in [0.5, 0.6) is 0 Å². The Bertz CT molecular complexity index is 1410. The molecule has 0 saturated carbocycles. The molecule has 0 radical (unpaired) electrons. The van der Waals surface area contributed by atoms with Crippen LogP contribution < -0.4 is 16.2 Å². The average Bonchev–Trinajstić information content (AvgIpc) is 3.20. The maximum atomic E-state index is 13.8. The van der Waals surface area contributed by atoms with Gasteiger partial charge in [0.25, 0.3) is 17.4 Å².